The summed E-state index contributed by atoms with van der Waals surface area (Å²) < 4.78 is 27.4. The molecule has 1 saturated carbocycles. The predicted molar refractivity (Wildman–Crippen MR) is 103 cm³/mol. The van der Waals surface area contributed by atoms with Gasteiger partial charge < -0.3 is 10.4 Å². The lowest BCUT2D eigenvalue weighted by atomic mass is 10.1. The Morgan fingerprint density at radius 3 is 2.68 bits per heavy atom. The molecule has 28 heavy (non-hydrogen) atoms. The molecule has 148 valence electrons. The summed E-state index contributed by atoms with van der Waals surface area (Å²) in [7, 11) is 0. The Labute approximate surface area is 163 Å². The zero-order valence-corrected chi connectivity index (χ0v) is 15.6. The lowest BCUT2D eigenvalue weighted by Crippen LogP contribution is -2.35. The van der Waals surface area contributed by atoms with E-state index in [1.807, 2.05) is 24.3 Å². The van der Waals surface area contributed by atoms with Crippen LogP contribution in [-0.4, -0.2) is 35.1 Å². The topological polar surface area (TPSA) is 52.6 Å². The van der Waals surface area contributed by atoms with Gasteiger partial charge in [-0.1, -0.05) is 18.2 Å². The molecular weight excluding hydrogens is 362 g/mol. The monoisotopic (exact) mass is 386 g/mol. The zero-order valence-electron chi connectivity index (χ0n) is 15.6. The van der Waals surface area contributed by atoms with Gasteiger partial charge in [0, 0.05) is 31.2 Å². The minimum absolute atomic E-state index is 0.157. The van der Waals surface area contributed by atoms with Crippen LogP contribution < -0.4 is 5.32 Å². The number of nitrogens with zero attached hydrogens (tertiary/aromatic N) is 1. The first-order chi connectivity index (χ1) is 13.5. The summed E-state index contributed by atoms with van der Waals surface area (Å²) in [5.41, 5.74) is 2.05. The van der Waals surface area contributed by atoms with E-state index in [1.165, 1.54) is 6.07 Å². The Kier molecular flexibility index (Phi) is 5.42. The number of benzene rings is 2. The second-order valence-corrected chi connectivity index (χ2v) is 7.77. The number of carbonyl (C=O) groups excluding carboxylic acids is 1. The number of anilines is 1. The smallest absolute Gasteiger partial charge is 0.228 e. The maximum Gasteiger partial charge on any atom is 0.228 e. The van der Waals surface area contributed by atoms with Crippen molar-refractivity contribution in [3.05, 3.63) is 65.2 Å². The maximum absolute atomic E-state index is 14.0. The SMILES string of the molecule is O=C(Nc1ccccc1CN1CCC(O)CC1)[C@H]1C[C@@H]1c1cc(F)ccc1F. The molecule has 2 aliphatic rings. The molecular formula is C22H24F2N2O2. The number of nitrogens with one attached hydrogen (secondary N) is 1. The van der Waals surface area contributed by atoms with Crippen LogP contribution >= 0.6 is 0 Å². The fourth-order valence-electron chi connectivity index (χ4n) is 3.95. The third kappa shape index (κ3) is 4.23. The molecule has 4 rings (SSSR count). The van der Waals surface area contributed by atoms with E-state index in [-0.39, 0.29) is 29.4 Å². The van der Waals surface area contributed by atoms with Crippen molar-refractivity contribution >= 4 is 11.6 Å². The number of amides is 1. The minimum Gasteiger partial charge on any atom is -0.393 e. The Morgan fingerprint density at radius 1 is 1.14 bits per heavy atom. The van der Waals surface area contributed by atoms with Crippen molar-refractivity contribution in [3.8, 4) is 0 Å². The fraction of sp³-hybridized carbons (Fsp3) is 0.409. The van der Waals surface area contributed by atoms with E-state index >= 15 is 0 Å². The van der Waals surface area contributed by atoms with Gasteiger partial charge in [0.25, 0.3) is 0 Å². The van der Waals surface area contributed by atoms with E-state index in [0.717, 1.165) is 49.3 Å². The van der Waals surface area contributed by atoms with Gasteiger partial charge in [-0.3, -0.25) is 9.69 Å². The van der Waals surface area contributed by atoms with Crippen molar-refractivity contribution in [2.45, 2.75) is 37.8 Å². The third-order valence-corrected chi connectivity index (χ3v) is 5.71. The van der Waals surface area contributed by atoms with Crippen LogP contribution in [0.15, 0.2) is 42.5 Å². The molecule has 0 bridgehead atoms. The van der Waals surface area contributed by atoms with Crippen LogP contribution in [0.4, 0.5) is 14.5 Å². The number of rotatable bonds is 5. The number of carbonyl (C=O) groups is 1. The van der Waals surface area contributed by atoms with Gasteiger partial charge in [0.2, 0.25) is 5.91 Å². The standard InChI is InChI=1S/C22H24F2N2O2/c23-15-5-6-20(24)18(11-15)17-12-19(17)22(28)25-21-4-2-1-3-14(21)13-26-9-7-16(27)8-10-26/h1-6,11,16-17,19,27H,7-10,12-13H2,(H,25,28)/t17-,19+/m1/s1. The Bertz CT molecular complexity index is 865. The van der Waals surface area contributed by atoms with Crippen LogP contribution in [0.3, 0.4) is 0 Å². The van der Waals surface area contributed by atoms with E-state index in [4.69, 9.17) is 0 Å². The summed E-state index contributed by atoms with van der Waals surface area (Å²) in [4.78, 5) is 14.9. The highest BCUT2D eigenvalue weighted by Gasteiger charge is 2.45. The molecule has 1 amide bonds. The summed E-state index contributed by atoms with van der Waals surface area (Å²) in [6.07, 6.45) is 1.83. The van der Waals surface area contributed by atoms with E-state index < -0.39 is 11.6 Å². The van der Waals surface area contributed by atoms with E-state index in [2.05, 4.69) is 10.2 Å². The van der Waals surface area contributed by atoms with Crippen LogP contribution in [-0.2, 0) is 11.3 Å². The quantitative estimate of drug-likeness (QED) is 0.825. The van der Waals surface area contributed by atoms with Gasteiger partial charge >= 0.3 is 0 Å². The Hall–Kier alpha value is -2.31. The molecule has 0 radical (unpaired) electrons. The second-order valence-electron chi connectivity index (χ2n) is 7.77. The van der Waals surface area contributed by atoms with Gasteiger partial charge in [-0.15, -0.1) is 0 Å². The number of hydrogen-bond donors (Lipinski definition) is 2. The van der Waals surface area contributed by atoms with Crippen LogP contribution in [0.5, 0.6) is 0 Å². The molecule has 4 nitrogen and oxygen atoms in total. The summed E-state index contributed by atoms with van der Waals surface area (Å²) in [5, 5.41) is 12.6. The van der Waals surface area contributed by atoms with Crippen molar-refractivity contribution in [1.29, 1.82) is 0 Å². The van der Waals surface area contributed by atoms with E-state index in [9.17, 15) is 18.7 Å². The summed E-state index contributed by atoms with van der Waals surface area (Å²) in [6, 6.07) is 11.0. The Morgan fingerprint density at radius 2 is 1.89 bits per heavy atom. The molecule has 2 fully saturated rings. The molecule has 1 heterocycles. The van der Waals surface area contributed by atoms with Crippen molar-refractivity contribution in [1.82, 2.24) is 4.90 Å². The van der Waals surface area contributed by atoms with Crippen molar-refractivity contribution < 1.29 is 18.7 Å². The average molecular weight is 386 g/mol. The normalized spacial score (nSPS) is 22.8. The molecule has 1 aliphatic heterocycles. The predicted octanol–water partition coefficient (Wildman–Crippen LogP) is 3.66. The second kappa shape index (κ2) is 7.97. The van der Waals surface area contributed by atoms with Gasteiger partial charge in [0.05, 0.1) is 6.10 Å². The number of likely N-dealkylation sites (tertiary alicyclic amines) is 1. The number of aliphatic hydroxyl groups excluding tert-OH is 1. The van der Waals surface area contributed by atoms with E-state index in [0.29, 0.717) is 13.0 Å². The van der Waals surface area contributed by atoms with Gasteiger partial charge in [-0.2, -0.15) is 0 Å². The van der Waals surface area contributed by atoms with Gasteiger partial charge in [-0.05, 0) is 60.6 Å². The van der Waals surface area contributed by atoms with Crippen LogP contribution in [0.25, 0.3) is 0 Å². The van der Waals surface area contributed by atoms with E-state index in [1.54, 1.807) is 0 Å². The molecule has 1 aliphatic carbocycles. The lowest BCUT2D eigenvalue weighted by molar-refractivity contribution is -0.117. The summed E-state index contributed by atoms with van der Waals surface area (Å²) >= 11 is 0. The molecule has 2 aromatic rings. The summed E-state index contributed by atoms with van der Waals surface area (Å²) in [6.45, 7) is 2.36. The lowest BCUT2D eigenvalue weighted by Gasteiger charge is -2.30. The number of piperidine rings is 1. The van der Waals surface area contributed by atoms with Gasteiger partial charge in [0.15, 0.2) is 0 Å². The number of hydrogen-bond acceptors (Lipinski definition) is 3. The highest BCUT2D eigenvalue weighted by molar-refractivity contribution is 5.95. The molecule has 6 heteroatoms. The first-order valence-electron chi connectivity index (χ1n) is 9.75. The first-order valence-corrected chi connectivity index (χ1v) is 9.75. The van der Waals surface area contributed by atoms with Crippen molar-refractivity contribution in [3.63, 3.8) is 0 Å². The maximum atomic E-state index is 14.0. The van der Waals surface area contributed by atoms with Crippen molar-refractivity contribution in [2.24, 2.45) is 5.92 Å². The number of para-hydroxylation sites is 1. The molecule has 2 N–H and O–H groups in total. The molecule has 0 unspecified atom stereocenters. The van der Waals surface area contributed by atoms with Crippen LogP contribution in [0, 0.1) is 17.6 Å². The highest BCUT2D eigenvalue weighted by Crippen LogP contribution is 2.49. The number of aliphatic hydroxyl groups is 1. The zero-order chi connectivity index (χ0) is 19.7. The number of halogens is 2. The Balaban J connectivity index is 1.41. The molecule has 0 spiro atoms. The van der Waals surface area contributed by atoms with Crippen LogP contribution in [0.1, 0.15) is 36.3 Å². The van der Waals surface area contributed by atoms with Crippen molar-refractivity contribution in [2.75, 3.05) is 18.4 Å². The third-order valence-electron chi connectivity index (χ3n) is 5.71. The average Bonchev–Trinajstić information content (AvgIpc) is 3.48. The van der Waals surface area contributed by atoms with Gasteiger partial charge in [0.1, 0.15) is 11.6 Å². The minimum atomic E-state index is -0.487. The van der Waals surface area contributed by atoms with Gasteiger partial charge in [-0.25, -0.2) is 8.78 Å². The highest BCUT2D eigenvalue weighted by atomic mass is 19.1. The molecule has 2 atom stereocenters. The molecule has 2 aromatic carbocycles. The molecule has 0 aromatic heterocycles. The molecule has 1 saturated heterocycles. The largest absolute Gasteiger partial charge is 0.393 e. The van der Waals surface area contributed by atoms with Crippen LogP contribution in [0.2, 0.25) is 0 Å². The first kappa shape index (κ1) is 19.0. The fourth-order valence-corrected chi connectivity index (χ4v) is 3.95. The summed E-state index contributed by atoms with van der Waals surface area (Å²) in [5.74, 6) is -1.72.